The Morgan fingerprint density at radius 2 is 1.57 bits per heavy atom. The van der Waals surface area contributed by atoms with Crippen LogP contribution in [-0.4, -0.2) is 30.5 Å². The van der Waals surface area contributed by atoms with Gasteiger partial charge in [0.25, 0.3) is 0 Å². The van der Waals surface area contributed by atoms with E-state index in [1.807, 2.05) is 0 Å². The number of fused-ring (bicyclic) bond motifs is 10. The van der Waals surface area contributed by atoms with Crippen molar-refractivity contribution in [1.29, 1.82) is 0 Å². The average molecular weight is 712 g/mol. The Balaban J connectivity index is 1.07. The maximum Gasteiger partial charge on any atom is 0.0839 e. The molecule has 3 aliphatic heterocycles. The zero-order chi connectivity index (χ0) is 36.0. The summed E-state index contributed by atoms with van der Waals surface area (Å²) in [7, 11) is 0. The van der Waals surface area contributed by atoms with Crippen LogP contribution >= 0.6 is 0 Å². The van der Waals surface area contributed by atoms with Crippen molar-refractivity contribution in [2.75, 3.05) is 4.90 Å². The SMILES string of the molecule is CC1C=CC2=C(C1)C1C(C)CC=C(C3=CC4C(C=C3)OC3C=C(c5ccccc5)CCC3C43C4=CCCCC4OC4C=CC=CC43)C1N2c1ccccc1. The third kappa shape index (κ3) is 4.93. The Hall–Kier alpha value is -4.18. The van der Waals surface area contributed by atoms with E-state index in [1.165, 1.54) is 40.1 Å². The molecule has 274 valence electrons. The van der Waals surface area contributed by atoms with Crippen molar-refractivity contribution in [3.63, 3.8) is 0 Å². The van der Waals surface area contributed by atoms with E-state index >= 15 is 0 Å². The molecular formula is C51H53NO2. The van der Waals surface area contributed by atoms with Gasteiger partial charge in [0.2, 0.25) is 0 Å². The van der Waals surface area contributed by atoms with Crippen LogP contribution in [0.4, 0.5) is 5.69 Å². The molecule has 2 fully saturated rings. The van der Waals surface area contributed by atoms with Gasteiger partial charge < -0.3 is 14.4 Å². The topological polar surface area (TPSA) is 21.7 Å². The fourth-order valence-electron chi connectivity index (χ4n) is 12.8. The largest absolute Gasteiger partial charge is 0.366 e. The van der Waals surface area contributed by atoms with Crippen LogP contribution in [0.3, 0.4) is 0 Å². The van der Waals surface area contributed by atoms with E-state index in [9.17, 15) is 0 Å². The van der Waals surface area contributed by atoms with Gasteiger partial charge in [0.05, 0.1) is 30.5 Å². The monoisotopic (exact) mass is 711 g/mol. The van der Waals surface area contributed by atoms with Crippen LogP contribution in [0.15, 0.2) is 162 Å². The standard InChI is InChI=1S/C51H53NO2/c1-32-21-27-44-39(29-32)49-33(2)22-25-38(50(49)52(44)37-15-7-4-8-16-37)36-24-28-47-43(30-36)51(40-17-9-11-19-45(40)53-46-20-12-10-18-41(46)51)42-26-23-35(31-48(42)54-47)34-13-5-3-6-14-34/h3-9,11,13-19,21,24-25,27-28,30-33,40,42-43,45-50H,10,12,20,22-23,26,29H2,1-2H3. The zero-order valence-electron chi connectivity index (χ0n) is 31.8. The van der Waals surface area contributed by atoms with Gasteiger partial charge in [-0.2, -0.15) is 0 Å². The molecule has 1 spiro atoms. The van der Waals surface area contributed by atoms with E-state index in [0.29, 0.717) is 23.7 Å². The highest BCUT2D eigenvalue weighted by atomic mass is 16.5. The smallest absolute Gasteiger partial charge is 0.0839 e. The van der Waals surface area contributed by atoms with Crippen LogP contribution < -0.4 is 4.90 Å². The second-order valence-electron chi connectivity index (χ2n) is 17.7. The number of allylic oxidation sites excluding steroid dienone is 8. The summed E-state index contributed by atoms with van der Waals surface area (Å²) in [6.07, 6.45) is 38.0. The van der Waals surface area contributed by atoms with Crippen molar-refractivity contribution in [1.82, 2.24) is 0 Å². The summed E-state index contributed by atoms with van der Waals surface area (Å²) in [5.74, 6) is 2.53. The number of anilines is 1. The number of benzene rings is 2. The van der Waals surface area contributed by atoms with Gasteiger partial charge in [-0.3, -0.25) is 0 Å². The Labute approximate surface area is 321 Å². The molecule has 0 N–H and O–H groups in total. The van der Waals surface area contributed by atoms with Crippen LogP contribution in [-0.2, 0) is 9.47 Å². The molecule has 9 aliphatic rings. The van der Waals surface area contributed by atoms with Crippen molar-refractivity contribution in [3.8, 4) is 0 Å². The first-order chi connectivity index (χ1) is 26.6. The summed E-state index contributed by atoms with van der Waals surface area (Å²) in [5.41, 5.74) is 11.6. The molecule has 2 aromatic rings. The molecule has 3 nitrogen and oxygen atoms in total. The Kier molecular flexibility index (Phi) is 7.96. The minimum Gasteiger partial charge on any atom is -0.366 e. The summed E-state index contributed by atoms with van der Waals surface area (Å²) in [6.45, 7) is 4.89. The molecule has 54 heavy (non-hydrogen) atoms. The van der Waals surface area contributed by atoms with Gasteiger partial charge in [0, 0.05) is 34.6 Å². The zero-order valence-corrected chi connectivity index (χ0v) is 31.8. The molecule has 3 heteroatoms. The fraction of sp³-hybridized carbons (Fsp3) is 0.412. The first-order valence-corrected chi connectivity index (χ1v) is 21.1. The third-order valence-corrected chi connectivity index (χ3v) is 14.9. The molecule has 3 heterocycles. The van der Waals surface area contributed by atoms with Gasteiger partial charge in [0.15, 0.2) is 0 Å². The maximum absolute atomic E-state index is 7.39. The lowest BCUT2D eigenvalue weighted by Crippen LogP contribution is -2.65. The van der Waals surface area contributed by atoms with Crippen LogP contribution in [0.5, 0.6) is 0 Å². The Morgan fingerprint density at radius 3 is 2.44 bits per heavy atom. The molecule has 2 aromatic carbocycles. The van der Waals surface area contributed by atoms with Crippen molar-refractivity contribution in [2.24, 2.45) is 40.9 Å². The van der Waals surface area contributed by atoms with E-state index in [2.05, 4.69) is 152 Å². The second-order valence-corrected chi connectivity index (χ2v) is 17.7. The van der Waals surface area contributed by atoms with E-state index in [0.717, 1.165) is 38.5 Å². The van der Waals surface area contributed by atoms with E-state index in [1.54, 1.807) is 11.1 Å². The number of rotatable bonds is 3. The predicted molar refractivity (Wildman–Crippen MR) is 219 cm³/mol. The summed E-state index contributed by atoms with van der Waals surface area (Å²) >= 11 is 0. The molecule has 11 rings (SSSR count). The summed E-state index contributed by atoms with van der Waals surface area (Å²) in [6, 6.07) is 22.5. The van der Waals surface area contributed by atoms with Crippen LogP contribution in [0.2, 0.25) is 0 Å². The van der Waals surface area contributed by atoms with Crippen LogP contribution in [0.1, 0.15) is 64.4 Å². The normalized spacial score (nSPS) is 40.0. The minimum atomic E-state index is -0.0933. The molecule has 12 unspecified atom stereocenters. The first kappa shape index (κ1) is 33.2. The van der Waals surface area contributed by atoms with Crippen molar-refractivity contribution in [3.05, 3.63) is 167 Å². The van der Waals surface area contributed by atoms with Crippen molar-refractivity contribution in [2.45, 2.75) is 89.3 Å². The first-order valence-electron chi connectivity index (χ1n) is 21.1. The number of nitrogens with zero attached hydrogens (tertiary/aromatic N) is 1. The lowest BCUT2D eigenvalue weighted by Gasteiger charge is -2.64. The van der Waals surface area contributed by atoms with E-state index in [4.69, 9.17) is 9.47 Å². The van der Waals surface area contributed by atoms with Gasteiger partial charge in [-0.15, -0.1) is 0 Å². The number of hydrogen-bond acceptors (Lipinski definition) is 3. The van der Waals surface area contributed by atoms with Gasteiger partial charge in [0.1, 0.15) is 0 Å². The molecule has 0 radical (unpaired) electrons. The highest BCUT2D eigenvalue weighted by Crippen LogP contribution is 2.66. The quantitative estimate of drug-likeness (QED) is 0.296. The number of ether oxygens (including phenoxy) is 2. The third-order valence-electron chi connectivity index (χ3n) is 14.9. The molecule has 0 bridgehead atoms. The lowest BCUT2D eigenvalue weighted by atomic mass is 9.46. The van der Waals surface area contributed by atoms with Gasteiger partial charge in [-0.25, -0.2) is 0 Å². The molecule has 6 aliphatic carbocycles. The van der Waals surface area contributed by atoms with E-state index in [-0.39, 0.29) is 47.7 Å². The molecular weight excluding hydrogens is 659 g/mol. The van der Waals surface area contributed by atoms with Crippen LogP contribution in [0.25, 0.3) is 5.57 Å². The lowest BCUT2D eigenvalue weighted by molar-refractivity contribution is -0.191. The average Bonchev–Trinajstić information content (AvgIpc) is 3.56. The molecule has 2 saturated heterocycles. The maximum atomic E-state index is 7.39. The van der Waals surface area contributed by atoms with E-state index < -0.39 is 0 Å². The highest BCUT2D eigenvalue weighted by Gasteiger charge is 2.65. The Morgan fingerprint density at radius 1 is 0.759 bits per heavy atom. The molecule has 12 atom stereocenters. The second kappa shape index (κ2) is 13.0. The molecule has 0 saturated carbocycles. The predicted octanol–water partition coefficient (Wildman–Crippen LogP) is 11.3. The molecule has 0 aromatic heterocycles. The van der Waals surface area contributed by atoms with Gasteiger partial charge >= 0.3 is 0 Å². The summed E-state index contributed by atoms with van der Waals surface area (Å²) < 4.78 is 14.5. The Bertz CT molecular complexity index is 2110. The number of hydrogen-bond donors (Lipinski definition) is 0. The van der Waals surface area contributed by atoms with Crippen LogP contribution in [0, 0.1) is 40.9 Å². The highest BCUT2D eigenvalue weighted by molar-refractivity contribution is 5.69. The van der Waals surface area contributed by atoms with Gasteiger partial charge in [-0.05, 0) is 114 Å². The van der Waals surface area contributed by atoms with Crippen molar-refractivity contribution < 1.29 is 9.47 Å². The minimum absolute atomic E-state index is 0.00531. The summed E-state index contributed by atoms with van der Waals surface area (Å²) in [5, 5.41) is 0. The fourth-order valence-corrected chi connectivity index (χ4v) is 12.8. The molecule has 0 amide bonds. The van der Waals surface area contributed by atoms with Gasteiger partial charge in [-0.1, -0.05) is 129 Å². The number of para-hydroxylation sites is 1. The summed E-state index contributed by atoms with van der Waals surface area (Å²) in [4.78, 5) is 2.71. The van der Waals surface area contributed by atoms with Crippen molar-refractivity contribution >= 4 is 11.3 Å².